The zero-order valence-corrected chi connectivity index (χ0v) is 12.5. The summed E-state index contributed by atoms with van der Waals surface area (Å²) in [6.07, 6.45) is 3.89. The molecule has 1 aromatic carbocycles. The van der Waals surface area contributed by atoms with Crippen molar-refractivity contribution in [2.45, 2.75) is 19.9 Å². The van der Waals surface area contributed by atoms with E-state index in [-0.39, 0.29) is 5.91 Å². The quantitative estimate of drug-likeness (QED) is 0.763. The molecule has 21 heavy (non-hydrogen) atoms. The van der Waals surface area contributed by atoms with Crippen LogP contribution < -0.4 is 5.32 Å². The number of carboxylic acids is 1. The van der Waals surface area contributed by atoms with Gasteiger partial charge in [-0.05, 0) is 12.5 Å². The van der Waals surface area contributed by atoms with E-state index in [1.54, 1.807) is 11.8 Å². The molecule has 0 saturated heterocycles. The number of nitrogens with zero attached hydrogens (tertiary/aromatic N) is 1. The Hall–Kier alpha value is -2.14. The number of carboxylic acid groups (broad SMARTS) is 1. The summed E-state index contributed by atoms with van der Waals surface area (Å²) >= 11 is 0. The molecule has 1 rings (SSSR count). The molecule has 1 atom stereocenters. The molecule has 0 fully saturated rings. The molecular weight excluding hydrogens is 268 g/mol. The van der Waals surface area contributed by atoms with Crippen LogP contribution in [0.3, 0.4) is 0 Å². The smallest absolute Gasteiger partial charge is 0.320 e. The Morgan fingerprint density at radius 1 is 1.33 bits per heavy atom. The fourth-order valence-electron chi connectivity index (χ4n) is 1.86. The van der Waals surface area contributed by atoms with E-state index in [1.165, 1.54) is 6.92 Å². The van der Waals surface area contributed by atoms with E-state index in [9.17, 15) is 9.59 Å². The number of carbonyl (C=O) groups excluding carboxylic acids is 1. The summed E-state index contributed by atoms with van der Waals surface area (Å²) in [7, 11) is 0. The number of carbonyl (C=O) groups is 2. The molecule has 1 unspecified atom stereocenters. The van der Waals surface area contributed by atoms with E-state index in [2.05, 4.69) is 5.32 Å². The van der Waals surface area contributed by atoms with Crippen molar-refractivity contribution in [1.29, 1.82) is 0 Å². The van der Waals surface area contributed by atoms with Crippen molar-refractivity contribution in [1.82, 2.24) is 10.2 Å². The maximum Gasteiger partial charge on any atom is 0.320 e. The van der Waals surface area contributed by atoms with Crippen LogP contribution in [0.15, 0.2) is 36.4 Å². The number of rotatable bonds is 8. The first-order valence-electron chi connectivity index (χ1n) is 6.93. The van der Waals surface area contributed by atoms with Gasteiger partial charge in [0.05, 0.1) is 0 Å². The van der Waals surface area contributed by atoms with Gasteiger partial charge in [-0.2, -0.15) is 0 Å². The minimum absolute atomic E-state index is 0.113. The number of aliphatic carboxylic acids is 1. The molecule has 0 aromatic heterocycles. The first-order chi connectivity index (χ1) is 10.0. The van der Waals surface area contributed by atoms with Gasteiger partial charge in [0.2, 0.25) is 5.91 Å². The predicted molar refractivity (Wildman–Crippen MR) is 82.8 cm³/mol. The summed E-state index contributed by atoms with van der Waals surface area (Å²) in [5.41, 5.74) is 1.07. The standard InChI is InChI=1S/C16H22N2O3/c1-13(16(20)21)18(12-10-17-14(2)19)11-6-9-15-7-4-3-5-8-15/h3-9,13H,10-12H2,1-2H3,(H,17,19)(H,20,21)/b9-6+. The summed E-state index contributed by atoms with van der Waals surface area (Å²) < 4.78 is 0. The maximum absolute atomic E-state index is 11.1. The van der Waals surface area contributed by atoms with Gasteiger partial charge in [-0.15, -0.1) is 0 Å². The van der Waals surface area contributed by atoms with Gasteiger partial charge in [-0.3, -0.25) is 14.5 Å². The highest BCUT2D eigenvalue weighted by Crippen LogP contribution is 2.03. The molecule has 114 valence electrons. The average molecular weight is 290 g/mol. The summed E-state index contributed by atoms with van der Waals surface area (Å²) in [6.45, 7) is 4.53. The van der Waals surface area contributed by atoms with Crippen LogP contribution in [0.5, 0.6) is 0 Å². The van der Waals surface area contributed by atoms with Gasteiger partial charge in [0.25, 0.3) is 0 Å². The molecule has 2 N–H and O–H groups in total. The third-order valence-electron chi connectivity index (χ3n) is 3.13. The molecule has 0 heterocycles. The van der Waals surface area contributed by atoms with Gasteiger partial charge >= 0.3 is 5.97 Å². The van der Waals surface area contributed by atoms with Crippen LogP contribution in [0.2, 0.25) is 0 Å². The van der Waals surface area contributed by atoms with Crippen molar-refractivity contribution < 1.29 is 14.7 Å². The van der Waals surface area contributed by atoms with Crippen molar-refractivity contribution in [3.63, 3.8) is 0 Å². The third-order valence-corrected chi connectivity index (χ3v) is 3.13. The highest BCUT2D eigenvalue weighted by Gasteiger charge is 2.18. The number of hydrogen-bond donors (Lipinski definition) is 2. The molecule has 0 spiro atoms. The van der Waals surface area contributed by atoms with Crippen LogP contribution in [0.1, 0.15) is 19.4 Å². The van der Waals surface area contributed by atoms with Crippen molar-refractivity contribution in [3.05, 3.63) is 42.0 Å². The summed E-state index contributed by atoms with van der Waals surface area (Å²) in [5.74, 6) is -0.983. The van der Waals surface area contributed by atoms with Crippen molar-refractivity contribution in [2.24, 2.45) is 0 Å². The fourth-order valence-corrected chi connectivity index (χ4v) is 1.86. The van der Waals surface area contributed by atoms with E-state index >= 15 is 0 Å². The van der Waals surface area contributed by atoms with Crippen LogP contribution in [0, 0.1) is 0 Å². The molecule has 5 nitrogen and oxygen atoms in total. The predicted octanol–water partition coefficient (Wildman–Crippen LogP) is 1.61. The summed E-state index contributed by atoms with van der Waals surface area (Å²) in [5, 5.41) is 11.8. The van der Waals surface area contributed by atoms with Gasteiger partial charge in [0, 0.05) is 26.6 Å². The molecule has 5 heteroatoms. The molecule has 0 bridgehead atoms. The minimum Gasteiger partial charge on any atom is -0.480 e. The highest BCUT2D eigenvalue weighted by molar-refractivity contribution is 5.73. The van der Waals surface area contributed by atoms with Crippen LogP contribution in [-0.4, -0.2) is 47.6 Å². The number of benzene rings is 1. The zero-order valence-electron chi connectivity index (χ0n) is 12.5. The van der Waals surface area contributed by atoms with Gasteiger partial charge in [0.15, 0.2) is 0 Å². The largest absolute Gasteiger partial charge is 0.480 e. The lowest BCUT2D eigenvalue weighted by Crippen LogP contribution is -2.43. The first kappa shape index (κ1) is 16.9. The van der Waals surface area contributed by atoms with Crippen LogP contribution in [0.25, 0.3) is 6.08 Å². The van der Waals surface area contributed by atoms with E-state index in [0.717, 1.165) is 5.56 Å². The Labute approximate surface area is 125 Å². The summed E-state index contributed by atoms with van der Waals surface area (Å²) in [6, 6.07) is 9.22. The molecule has 0 radical (unpaired) electrons. The molecule has 0 aliphatic heterocycles. The monoisotopic (exact) mass is 290 g/mol. The van der Waals surface area contributed by atoms with Crippen molar-refractivity contribution in [3.8, 4) is 0 Å². The second kappa shape index (κ2) is 8.92. The molecule has 0 saturated carbocycles. The zero-order chi connectivity index (χ0) is 15.7. The molecular formula is C16H22N2O3. The Morgan fingerprint density at radius 3 is 2.57 bits per heavy atom. The second-order valence-corrected chi connectivity index (χ2v) is 4.81. The molecule has 0 aliphatic carbocycles. The van der Waals surface area contributed by atoms with Crippen LogP contribution in [0.4, 0.5) is 0 Å². The topological polar surface area (TPSA) is 69.6 Å². The van der Waals surface area contributed by atoms with Gasteiger partial charge < -0.3 is 10.4 Å². The van der Waals surface area contributed by atoms with Crippen LogP contribution >= 0.6 is 0 Å². The maximum atomic E-state index is 11.1. The SMILES string of the molecule is CC(=O)NCCN(C/C=C/c1ccccc1)C(C)C(=O)O. The van der Waals surface area contributed by atoms with E-state index in [4.69, 9.17) is 5.11 Å². The molecule has 1 aromatic rings. The number of nitrogens with one attached hydrogen (secondary N) is 1. The van der Waals surface area contributed by atoms with Gasteiger partial charge in [-0.1, -0.05) is 42.5 Å². The van der Waals surface area contributed by atoms with Crippen LogP contribution in [-0.2, 0) is 9.59 Å². The number of hydrogen-bond acceptors (Lipinski definition) is 3. The summed E-state index contributed by atoms with van der Waals surface area (Å²) in [4.78, 5) is 23.8. The lowest BCUT2D eigenvalue weighted by molar-refractivity contribution is -0.142. The molecule has 0 aliphatic rings. The normalized spacial score (nSPS) is 12.5. The number of amides is 1. The van der Waals surface area contributed by atoms with Crippen molar-refractivity contribution >= 4 is 18.0 Å². The average Bonchev–Trinajstić information content (AvgIpc) is 2.45. The van der Waals surface area contributed by atoms with E-state index in [1.807, 2.05) is 42.5 Å². The van der Waals surface area contributed by atoms with Gasteiger partial charge in [0.1, 0.15) is 6.04 Å². The third kappa shape index (κ3) is 6.72. The van der Waals surface area contributed by atoms with E-state index in [0.29, 0.717) is 19.6 Å². The minimum atomic E-state index is -0.870. The molecule has 1 amide bonds. The first-order valence-corrected chi connectivity index (χ1v) is 6.93. The lowest BCUT2D eigenvalue weighted by Gasteiger charge is -2.24. The fraction of sp³-hybridized carbons (Fsp3) is 0.375. The Bertz CT molecular complexity index is 486. The second-order valence-electron chi connectivity index (χ2n) is 4.81. The lowest BCUT2D eigenvalue weighted by atomic mass is 10.2. The van der Waals surface area contributed by atoms with Crippen molar-refractivity contribution in [2.75, 3.05) is 19.6 Å². The highest BCUT2D eigenvalue weighted by atomic mass is 16.4. The Morgan fingerprint density at radius 2 is 2.00 bits per heavy atom. The Balaban J connectivity index is 2.57. The Kier molecular flexibility index (Phi) is 7.18. The van der Waals surface area contributed by atoms with E-state index < -0.39 is 12.0 Å². The van der Waals surface area contributed by atoms with Gasteiger partial charge in [-0.25, -0.2) is 0 Å².